The third kappa shape index (κ3) is 3.75. The molecule has 0 aliphatic rings. The van der Waals surface area contributed by atoms with E-state index in [0.29, 0.717) is 10.2 Å². The molecule has 0 spiro atoms. The van der Waals surface area contributed by atoms with Gasteiger partial charge in [0.15, 0.2) is 0 Å². The lowest BCUT2D eigenvalue weighted by Crippen LogP contribution is -2.40. The summed E-state index contributed by atoms with van der Waals surface area (Å²) in [4.78, 5) is 22.1. The van der Waals surface area contributed by atoms with E-state index in [-0.39, 0.29) is 5.56 Å². The maximum Gasteiger partial charge on any atom is 0.325 e. The van der Waals surface area contributed by atoms with Crippen LogP contribution in [0.15, 0.2) is 22.7 Å². The summed E-state index contributed by atoms with van der Waals surface area (Å²) in [5, 5.41) is 22.1. The second-order valence-electron chi connectivity index (χ2n) is 3.46. The number of carbonyl (C=O) groups is 2. The molecule has 1 rings (SSSR count). The number of halogens is 1. The normalized spacial score (nSPS) is 11.2. The minimum atomic E-state index is -1.14. The summed E-state index contributed by atoms with van der Waals surface area (Å²) in [6.45, 7) is 1.34. The Morgan fingerprint density at radius 2 is 2.17 bits per heavy atom. The Labute approximate surface area is 112 Å². The van der Waals surface area contributed by atoms with Gasteiger partial charge in [0.1, 0.15) is 12.1 Å². The van der Waals surface area contributed by atoms with Crippen molar-refractivity contribution in [2.75, 3.05) is 5.32 Å². The smallest absolute Gasteiger partial charge is 0.325 e. The van der Waals surface area contributed by atoms with Crippen LogP contribution in [0.2, 0.25) is 0 Å². The van der Waals surface area contributed by atoms with Crippen LogP contribution in [0.25, 0.3) is 0 Å². The molecule has 0 radical (unpaired) electrons. The van der Waals surface area contributed by atoms with Crippen LogP contribution in [0.4, 0.5) is 10.5 Å². The van der Waals surface area contributed by atoms with Crippen LogP contribution in [-0.4, -0.2) is 23.1 Å². The van der Waals surface area contributed by atoms with Gasteiger partial charge in [-0.25, -0.2) is 4.79 Å². The van der Waals surface area contributed by atoms with E-state index in [2.05, 4.69) is 26.6 Å². The van der Waals surface area contributed by atoms with Gasteiger partial charge in [-0.2, -0.15) is 5.26 Å². The molecule has 0 aliphatic heterocycles. The Bertz CT molecular complexity index is 525. The molecule has 1 aromatic rings. The second kappa shape index (κ2) is 6.02. The number of amides is 2. The molecule has 2 amide bonds. The molecule has 94 valence electrons. The number of nitrogens with one attached hydrogen (secondary N) is 2. The van der Waals surface area contributed by atoms with Crippen molar-refractivity contribution < 1.29 is 14.7 Å². The van der Waals surface area contributed by atoms with Crippen molar-refractivity contribution in [2.45, 2.75) is 13.0 Å². The Kier molecular flexibility index (Phi) is 4.68. The summed E-state index contributed by atoms with van der Waals surface area (Å²) < 4.78 is 0.697. The van der Waals surface area contributed by atoms with E-state index in [1.54, 1.807) is 18.2 Å². The lowest BCUT2D eigenvalue weighted by Gasteiger charge is -2.11. The molecular weight excluding hydrogens is 302 g/mol. The molecule has 6 nitrogen and oxygen atoms in total. The maximum absolute atomic E-state index is 11.5. The van der Waals surface area contributed by atoms with Crippen LogP contribution >= 0.6 is 15.9 Å². The number of hydrogen-bond donors (Lipinski definition) is 3. The lowest BCUT2D eigenvalue weighted by molar-refractivity contribution is -0.138. The zero-order valence-corrected chi connectivity index (χ0v) is 11.0. The van der Waals surface area contributed by atoms with Crippen LogP contribution < -0.4 is 10.6 Å². The highest BCUT2D eigenvalue weighted by molar-refractivity contribution is 9.10. The number of rotatable bonds is 3. The molecule has 1 aromatic carbocycles. The van der Waals surface area contributed by atoms with Gasteiger partial charge < -0.3 is 15.7 Å². The first-order chi connectivity index (χ1) is 8.43. The van der Waals surface area contributed by atoms with E-state index in [1.165, 1.54) is 6.92 Å². The highest BCUT2D eigenvalue weighted by Crippen LogP contribution is 2.20. The summed E-state index contributed by atoms with van der Waals surface area (Å²) in [6.07, 6.45) is 0. The monoisotopic (exact) mass is 311 g/mol. The molecule has 1 atom stereocenters. The molecular formula is C11H10BrN3O3. The number of nitrogens with zero attached hydrogens (tertiary/aromatic N) is 1. The Morgan fingerprint density at radius 1 is 1.50 bits per heavy atom. The van der Waals surface area contributed by atoms with E-state index >= 15 is 0 Å². The fourth-order valence-corrected chi connectivity index (χ4v) is 1.50. The van der Waals surface area contributed by atoms with E-state index in [0.717, 1.165) is 0 Å². The van der Waals surface area contributed by atoms with E-state index < -0.39 is 18.0 Å². The van der Waals surface area contributed by atoms with Gasteiger partial charge in [0, 0.05) is 4.47 Å². The van der Waals surface area contributed by atoms with Gasteiger partial charge in [0.05, 0.1) is 11.3 Å². The summed E-state index contributed by atoms with van der Waals surface area (Å²) in [5.74, 6) is -1.14. The molecule has 18 heavy (non-hydrogen) atoms. The van der Waals surface area contributed by atoms with Crippen molar-refractivity contribution in [2.24, 2.45) is 0 Å². The number of hydrogen-bond acceptors (Lipinski definition) is 3. The zero-order chi connectivity index (χ0) is 13.7. The number of benzene rings is 1. The van der Waals surface area contributed by atoms with Crippen molar-refractivity contribution in [1.82, 2.24) is 5.32 Å². The first kappa shape index (κ1) is 14.0. The highest BCUT2D eigenvalue weighted by atomic mass is 79.9. The van der Waals surface area contributed by atoms with Crippen LogP contribution in [0.5, 0.6) is 0 Å². The number of carboxylic acid groups (broad SMARTS) is 1. The molecule has 0 heterocycles. The Morgan fingerprint density at radius 3 is 2.72 bits per heavy atom. The third-order valence-electron chi connectivity index (χ3n) is 2.07. The summed E-state index contributed by atoms with van der Waals surface area (Å²) in [6, 6.07) is 5.00. The summed E-state index contributed by atoms with van der Waals surface area (Å²) in [7, 11) is 0. The fraction of sp³-hybridized carbons (Fsp3) is 0.182. The quantitative estimate of drug-likeness (QED) is 0.793. The maximum atomic E-state index is 11.5. The molecule has 3 N–H and O–H groups in total. The number of carboxylic acids is 1. The summed E-state index contributed by atoms with van der Waals surface area (Å²) >= 11 is 3.21. The van der Waals surface area contributed by atoms with Crippen molar-refractivity contribution >= 4 is 33.6 Å². The van der Waals surface area contributed by atoms with Gasteiger partial charge in [-0.05, 0) is 25.1 Å². The number of urea groups is 1. The van der Waals surface area contributed by atoms with Gasteiger partial charge in [-0.15, -0.1) is 0 Å². The standard InChI is InChI=1S/C11H10BrN3O3/c1-6(10(16)17)14-11(18)15-9-4-8(12)3-2-7(9)5-13/h2-4,6H,1H3,(H,16,17)(H2,14,15,18)/t6-/m0/s1. The molecule has 7 heteroatoms. The van der Waals surface area contributed by atoms with Gasteiger partial charge in [-0.3, -0.25) is 4.79 Å². The Hall–Kier alpha value is -2.07. The highest BCUT2D eigenvalue weighted by Gasteiger charge is 2.14. The number of nitriles is 1. The van der Waals surface area contributed by atoms with Crippen LogP contribution in [-0.2, 0) is 4.79 Å². The topological polar surface area (TPSA) is 102 Å². The molecule has 0 saturated heterocycles. The van der Waals surface area contributed by atoms with Gasteiger partial charge >= 0.3 is 12.0 Å². The van der Waals surface area contributed by atoms with Gasteiger partial charge in [-0.1, -0.05) is 15.9 Å². The molecule has 0 aromatic heterocycles. The molecule has 0 fully saturated rings. The third-order valence-corrected chi connectivity index (χ3v) is 2.56. The first-order valence-corrected chi connectivity index (χ1v) is 5.73. The first-order valence-electron chi connectivity index (χ1n) is 4.94. The molecule has 0 aliphatic carbocycles. The van der Waals surface area contributed by atoms with Gasteiger partial charge in [0.2, 0.25) is 0 Å². The number of anilines is 1. The second-order valence-corrected chi connectivity index (χ2v) is 4.38. The van der Waals surface area contributed by atoms with Crippen molar-refractivity contribution in [1.29, 1.82) is 5.26 Å². The molecule has 0 unspecified atom stereocenters. The average Bonchev–Trinajstić information content (AvgIpc) is 2.28. The van der Waals surface area contributed by atoms with Crippen molar-refractivity contribution in [3.05, 3.63) is 28.2 Å². The summed E-state index contributed by atoms with van der Waals surface area (Å²) in [5.41, 5.74) is 0.596. The van der Waals surface area contributed by atoms with Gasteiger partial charge in [0.25, 0.3) is 0 Å². The SMILES string of the molecule is C[C@H](NC(=O)Nc1cc(Br)ccc1C#N)C(=O)O. The van der Waals surface area contributed by atoms with E-state index in [9.17, 15) is 9.59 Å². The lowest BCUT2D eigenvalue weighted by atomic mass is 10.2. The van der Waals surface area contributed by atoms with Crippen LogP contribution in [0, 0.1) is 11.3 Å². The largest absolute Gasteiger partial charge is 0.480 e. The number of aliphatic carboxylic acids is 1. The predicted molar refractivity (Wildman–Crippen MR) is 68.1 cm³/mol. The van der Waals surface area contributed by atoms with E-state index in [1.807, 2.05) is 6.07 Å². The molecule has 0 saturated carbocycles. The van der Waals surface area contributed by atoms with Crippen LogP contribution in [0.1, 0.15) is 12.5 Å². The van der Waals surface area contributed by atoms with Crippen LogP contribution in [0.3, 0.4) is 0 Å². The van der Waals surface area contributed by atoms with Crippen molar-refractivity contribution in [3.8, 4) is 6.07 Å². The average molecular weight is 312 g/mol. The zero-order valence-electron chi connectivity index (χ0n) is 9.40. The molecule has 0 bridgehead atoms. The number of carbonyl (C=O) groups excluding carboxylic acids is 1. The predicted octanol–water partition coefficient (Wildman–Crippen LogP) is 1.92. The fourth-order valence-electron chi connectivity index (χ4n) is 1.13. The van der Waals surface area contributed by atoms with E-state index in [4.69, 9.17) is 10.4 Å². The van der Waals surface area contributed by atoms with Crippen molar-refractivity contribution in [3.63, 3.8) is 0 Å². The Balaban J connectivity index is 2.79. The minimum absolute atomic E-state index is 0.288. The minimum Gasteiger partial charge on any atom is -0.480 e.